The summed E-state index contributed by atoms with van der Waals surface area (Å²) in [4.78, 5) is 13.1. The lowest BCUT2D eigenvalue weighted by Gasteiger charge is -2.35. The molecule has 1 atom stereocenters. The summed E-state index contributed by atoms with van der Waals surface area (Å²) >= 11 is 0. The monoisotopic (exact) mass is 206 g/mol. The molecule has 0 aromatic carbocycles. The maximum atomic E-state index is 11.0. The normalized spacial score (nSPS) is 25.4. The summed E-state index contributed by atoms with van der Waals surface area (Å²) in [6.07, 6.45) is 7.80. The fourth-order valence-corrected chi connectivity index (χ4v) is 2.50. The Balaban J connectivity index is 2.23. The van der Waals surface area contributed by atoms with Gasteiger partial charge in [0.2, 0.25) is 5.91 Å². The van der Waals surface area contributed by atoms with Crippen molar-refractivity contribution in [1.82, 2.24) is 4.90 Å². The maximum absolute atomic E-state index is 11.0. The number of amides is 1. The number of carbonyl (C=O) groups is 1. The molecule has 1 heterocycles. The lowest BCUT2D eigenvalue weighted by atomic mass is 9.85. The van der Waals surface area contributed by atoms with Gasteiger partial charge in [0.25, 0.3) is 0 Å². The molecule has 0 saturated heterocycles. The predicted octanol–water partition coefficient (Wildman–Crippen LogP) is 1.42. The van der Waals surface area contributed by atoms with E-state index in [0.717, 1.165) is 19.4 Å². The van der Waals surface area contributed by atoms with Crippen LogP contribution in [0.15, 0.2) is 23.4 Å². The fraction of sp³-hybridized carbons (Fsp3) is 0.583. The third kappa shape index (κ3) is 2.06. The Morgan fingerprint density at radius 1 is 1.67 bits per heavy atom. The molecule has 3 heteroatoms. The second-order valence-corrected chi connectivity index (χ2v) is 4.44. The Hall–Kier alpha value is -1.25. The number of rotatable bonds is 2. The second kappa shape index (κ2) is 4.09. The van der Waals surface area contributed by atoms with Crippen LogP contribution in [0.5, 0.6) is 0 Å². The molecule has 3 nitrogen and oxygen atoms in total. The van der Waals surface area contributed by atoms with Crippen LogP contribution >= 0.6 is 0 Å². The van der Waals surface area contributed by atoms with E-state index < -0.39 is 0 Å². The highest BCUT2D eigenvalue weighted by Crippen LogP contribution is 2.33. The highest BCUT2D eigenvalue weighted by atomic mass is 16.1. The molecule has 0 bridgehead atoms. The van der Waals surface area contributed by atoms with Gasteiger partial charge < -0.3 is 10.6 Å². The molecule has 0 aromatic heterocycles. The minimum absolute atomic E-state index is 0.240. The van der Waals surface area contributed by atoms with Crippen LogP contribution in [-0.4, -0.2) is 23.9 Å². The van der Waals surface area contributed by atoms with E-state index in [0.29, 0.717) is 12.5 Å². The molecule has 1 amide bonds. The smallest absolute Gasteiger partial charge is 0.236 e. The molecule has 2 rings (SSSR count). The van der Waals surface area contributed by atoms with Crippen molar-refractivity contribution in [1.29, 1.82) is 0 Å². The zero-order valence-electron chi connectivity index (χ0n) is 9.20. The summed E-state index contributed by atoms with van der Waals surface area (Å²) in [5.41, 5.74) is 8.01. The number of nitrogens with zero attached hydrogens (tertiary/aromatic N) is 1. The predicted molar refractivity (Wildman–Crippen MR) is 59.9 cm³/mol. The summed E-state index contributed by atoms with van der Waals surface area (Å²) in [7, 11) is 0. The van der Waals surface area contributed by atoms with Crippen molar-refractivity contribution >= 4 is 5.91 Å². The molecule has 15 heavy (non-hydrogen) atoms. The van der Waals surface area contributed by atoms with Crippen LogP contribution in [0.3, 0.4) is 0 Å². The molecule has 0 unspecified atom stereocenters. The molecule has 0 aromatic rings. The van der Waals surface area contributed by atoms with Gasteiger partial charge in [0.05, 0.1) is 6.54 Å². The van der Waals surface area contributed by atoms with E-state index in [1.54, 1.807) is 0 Å². The van der Waals surface area contributed by atoms with E-state index >= 15 is 0 Å². The van der Waals surface area contributed by atoms with E-state index in [1.807, 2.05) is 0 Å². The number of hydrogen-bond acceptors (Lipinski definition) is 2. The zero-order chi connectivity index (χ0) is 10.8. The highest BCUT2D eigenvalue weighted by Gasteiger charge is 2.24. The third-order valence-corrected chi connectivity index (χ3v) is 3.25. The van der Waals surface area contributed by atoms with Crippen LogP contribution in [-0.2, 0) is 4.79 Å². The van der Waals surface area contributed by atoms with Gasteiger partial charge in [0, 0.05) is 12.2 Å². The lowest BCUT2D eigenvalue weighted by molar-refractivity contribution is -0.118. The van der Waals surface area contributed by atoms with E-state index in [4.69, 9.17) is 5.73 Å². The zero-order valence-corrected chi connectivity index (χ0v) is 9.20. The number of carbonyl (C=O) groups excluding carboxylic acids is 1. The van der Waals surface area contributed by atoms with Crippen molar-refractivity contribution in [3.8, 4) is 0 Å². The van der Waals surface area contributed by atoms with Crippen molar-refractivity contribution in [2.45, 2.75) is 26.2 Å². The minimum Gasteiger partial charge on any atom is -0.368 e. The summed E-state index contributed by atoms with van der Waals surface area (Å²) in [5.74, 6) is 0.385. The lowest BCUT2D eigenvalue weighted by Crippen LogP contribution is -2.37. The van der Waals surface area contributed by atoms with Gasteiger partial charge in [-0.3, -0.25) is 4.79 Å². The van der Waals surface area contributed by atoms with Gasteiger partial charge in [-0.2, -0.15) is 0 Å². The maximum Gasteiger partial charge on any atom is 0.236 e. The average Bonchev–Trinajstić information content (AvgIpc) is 2.19. The minimum atomic E-state index is -0.240. The first-order chi connectivity index (χ1) is 7.18. The molecule has 0 radical (unpaired) electrons. The molecular weight excluding hydrogens is 188 g/mol. The SMILES string of the molecule is C[C@@H]1CC=CC2=C1CCCN2CC(N)=O. The summed E-state index contributed by atoms with van der Waals surface area (Å²) in [6.45, 7) is 3.57. The first-order valence-electron chi connectivity index (χ1n) is 5.61. The highest BCUT2D eigenvalue weighted by molar-refractivity contribution is 5.76. The van der Waals surface area contributed by atoms with Crippen molar-refractivity contribution < 1.29 is 4.79 Å². The van der Waals surface area contributed by atoms with Gasteiger partial charge in [-0.25, -0.2) is 0 Å². The Kier molecular flexibility index (Phi) is 2.80. The Morgan fingerprint density at radius 2 is 2.47 bits per heavy atom. The van der Waals surface area contributed by atoms with Crippen LogP contribution < -0.4 is 5.73 Å². The molecule has 2 aliphatic rings. The largest absolute Gasteiger partial charge is 0.368 e. The number of allylic oxidation sites excluding steroid dienone is 3. The van der Waals surface area contributed by atoms with E-state index in [2.05, 4.69) is 24.0 Å². The summed E-state index contributed by atoms with van der Waals surface area (Å²) in [6, 6.07) is 0. The average molecular weight is 206 g/mol. The molecule has 1 aliphatic heterocycles. The van der Waals surface area contributed by atoms with Crippen LogP contribution in [0.25, 0.3) is 0 Å². The van der Waals surface area contributed by atoms with Crippen LogP contribution in [0.2, 0.25) is 0 Å². The van der Waals surface area contributed by atoms with Crippen LogP contribution in [0.1, 0.15) is 26.2 Å². The third-order valence-electron chi connectivity index (χ3n) is 3.25. The van der Waals surface area contributed by atoms with Crippen molar-refractivity contribution in [2.75, 3.05) is 13.1 Å². The molecule has 0 spiro atoms. The summed E-state index contributed by atoms with van der Waals surface area (Å²) < 4.78 is 0. The van der Waals surface area contributed by atoms with Crippen LogP contribution in [0, 0.1) is 5.92 Å². The van der Waals surface area contributed by atoms with Gasteiger partial charge in [-0.15, -0.1) is 0 Å². The molecule has 1 aliphatic carbocycles. The van der Waals surface area contributed by atoms with Crippen molar-refractivity contribution in [3.63, 3.8) is 0 Å². The summed E-state index contributed by atoms with van der Waals surface area (Å²) in [5, 5.41) is 0. The molecule has 82 valence electrons. The van der Waals surface area contributed by atoms with E-state index in [-0.39, 0.29) is 5.91 Å². The van der Waals surface area contributed by atoms with Crippen molar-refractivity contribution in [2.24, 2.45) is 11.7 Å². The standard InChI is InChI=1S/C12H18N2O/c1-9-4-2-6-11-10(9)5-3-7-14(11)8-12(13)15/h2,6,9H,3-5,7-8H2,1H3,(H2,13,15)/t9-/m1/s1. The topological polar surface area (TPSA) is 46.3 Å². The molecule has 2 N–H and O–H groups in total. The van der Waals surface area contributed by atoms with E-state index in [1.165, 1.54) is 17.7 Å². The van der Waals surface area contributed by atoms with E-state index in [9.17, 15) is 4.79 Å². The molecular formula is C12H18N2O. The molecule has 0 saturated carbocycles. The van der Waals surface area contributed by atoms with Gasteiger partial charge in [0.15, 0.2) is 0 Å². The number of nitrogens with two attached hydrogens (primary N) is 1. The van der Waals surface area contributed by atoms with Gasteiger partial charge >= 0.3 is 0 Å². The Morgan fingerprint density at radius 3 is 3.20 bits per heavy atom. The first kappa shape index (κ1) is 10.3. The Bertz CT molecular complexity index is 331. The number of primary amides is 1. The molecule has 0 fully saturated rings. The first-order valence-corrected chi connectivity index (χ1v) is 5.61. The number of hydrogen-bond donors (Lipinski definition) is 1. The fourth-order valence-electron chi connectivity index (χ4n) is 2.50. The van der Waals surface area contributed by atoms with Gasteiger partial charge in [-0.05, 0) is 36.8 Å². The van der Waals surface area contributed by atoms with Crippen LogP contribution in [0.4, 0.5) is 0 Å². The van der Waals surface area contributed by atoms with Gasteiger partial charge in [-0.1, -0.05) is 13.0 Å². The van der Waals surface area contributed by atoms with Gasteiger partial charge in [0.1, 0.15) is 0 Å². The second-order valence-electron chi connectivity index (χ2n) is 4.44. The Labute approximate surface area is 90.6 Å². The quantitative estimate of drug-likeness (QED) is 0.742. The van der Waals surface area contributed by atoms with Crippen molar-refractivity contribution in [3.05, 3.63) is 23.4 Å².